The maximum absolute atomic E-state index is 14.2. The third-order valence-electron chi connectivity index (χ3n) is 7.02. The van der Waals surface area contributed by atoms with Crippen molar-refractivity contribution < 1.29 is 27.6 Å². The topological polar surface area (TPSA) is 101 Å². The van der Waals surface area contributed by atoms with Crippen molar-refractivity contribution in [1.82, 2.24) is 0 Å². The standard InChI is InChI=1S/C34H34O6S.H3P/c35-30(23-21-27-22-24-32(36)33(37)26-27)18-10-1-2-13-25-34(28-14-6-3-7-15-28,29-16-8-4-9-17-29)41(38,39)40-31-19-11-5-12-20-31;/h3-9,11-12,14-17,19-24,26,36-37H,1-2,10,13,18,25H2;1H3/b23-21+;. The number of aromatic hydroxyl groups is 2. The zero-order valence-corrected chi connectivity index (χ0v) is 25.7. The Labute approximate surface area is 251 Å². The fourth-order valence-corrected chi connectivity index (χ4v) is 6.65. The summed E-state index contributed by atoms with van der Waals surface area (Å²) in [7, 11) is -4.19. The van der Waals surface area contributed by atoms with Gasteiger partial charge < -0.3 is 14.4 Å². The number of allylic oxidation sites excluding steroid dienone is 1. The highest BCUT2D eigenvalue weighted by Gasteiger charge is 2.48. The molecule has 4 aromatic carbocycles. The van der Waals surface area contributed by atoms with E-state index in [1.807, 2.05) is 60.7 Å². The predicted molar refractivity (Wildman–Crippen MR) is 172 cm³/mol. The molecule has 0 aliphatic carbocycles. The molecule has 2 N–H and O–H groups in total. The molecule has 1 unspecified atom stereocenters. The molecular formula is C34H37O6PS. The molecule has 42 heavy (non-hydrogen) atoms. The minimum Gasteiger partial charge on any atom is -0.504 e. The van der Waals surface area contributed by atoms with Crippen molar-refractivity contribution in [2.45, 2.75) is 43.3 Å². The van der Waals surface area contributed by atoms with Crippen LogP contribution in [0.4, 0.5) is 0 Å². The highest BCUT2D eigenvalue weighted by Crippen LogP contribution is 2.43. The second-order valence-electron chi connectivity index (χ2n) is 9.87. The van der Waals surface area contributed by atoms with Gasteiger partial charge in [-0.05, 0) is 59.9 Å². The number of hydrogen-bond donors (Lipinski definition) is 2. The maximum atomic E-state index is 14.2. The molecule has 0 radical (unpaired) electrons. The van der Waals surface area contributed by atoms with Crippen LogP contribution < -0.4 is 4.18 Å². The molecule has 4 aromatic rings. The third-order valence-corrected chi connectivity index (χ3v) is 8.96. The minimum atomic E-state index is -4.19. The lowest BCUT2D eigenvalue weighted by Crippen LogP contribution is -2.40. The van der Waals surface area contributed by atoms with E-state index in [0.29, 0.717) is 42.4 Å². The van der Waals surface area contributed by atoms with Crippen LogP contribution in [-0.4, -0.2) is 24.4 Å². The van der Waals surface area contributed by atoms with E-state index in [9.17, 15) is 23.4 Å². The van der Waals surface area contributed by atoms with E-state index in [0.717, 1.165) is 12.8 Å². The Balaban J connectivity index is 0.00000484. The number of benzene rings is 4. The highest BCUT2D eigenvalue weighted by molar-refractivity contribution is 7.88. The first-order valence-corrected chi connectivity index (χ1v) is 15.1. The second-order valence-corrected chi connectivity index (χ2v) is 11.6. The predicted octanol–water partition coefficient (Wildman–Crippen LogP) is 7.43. The molecular weight excluding hydrogens is 567 g/mol. The van der Waals surface area contributed by atoms with Crippen LogP contribution in [0.15, 0.2) is 115 Å². The fourth-order valence-electron chi connectivity index (χ4n) is 4.90. The molecule has 0 aliphatic heterocycles. The summed E-state index contributed by atoms with van der Waals surface area (Å²) in [5.74, 6) is -0.230. The Morgan fingerprint density at radius 1 is 0.714 bits per heavy atom. The van der Waals surface area contributed by atoms with Gasteiger partial charge in [-0.25, -0.2) is 0 Å². The summed E-state index contributed by atoms with van der Waals surface area (Å²) in [6.45, 7) is 0. The summed E-state index contributed by atoms with van der Waals surface area (Å²) < 4.78 is 32.6. The first-order chi connectivity index (χ1) is 19.8. The van der Waals surface area contributed by atoms with Crippen molar-refractivity contribution in [3.8, 4) is 17.2 Å². The van der Waals surface area contributed by atoms with Gasteiger partial charge in [0.05, 0.1) is 0 Å². The molecule has 0 aromatic heterocycles. The molecule has 8 heteroatoms. The van der Waals surface area contributed by atoms with Crippen LogP contribution in [0.2, 0.25) is 0 Å². The Morgan fingerprint density at radius 3 is 1.83 bits per heavy atom. The van der Waals surface area contributed by atoms with Gasteiger partial charge in [-0.3, -0.25) is 4.79 Å². The first kappa shape index (κ1) is 32.6. The lowest BCUT2D eigenvalue weighted by molar-refractivity contribution is -0.114. The Bertz CT molecular complexity index is 1520. The molecule has 0 saturated carbocycles. The van der Waals surface area contributed by atoms with E-state index < -0.39 is 14.9 Å². The largest absolute Gasteiger partial charge is 0.504 e. The minimum absolute atomic E-state index is 0. The maximum Gasteiger partial charge on any atom is 0.323 e. The van der Waals surface area contributed by atoms with Gasteiger partial charge in [0.15, 0.2) is 22.0 Å². The van der Waals surface area contributed by atoms with Crippen LogP contribution in [0.3, 0.4) is 0 Å². The van der Waals surface area contributed by atoms with Crippen molar-refractivity contribution >= 4 is 31.9 Å². The highest BCUT2D eigenvalue weighted by atomic mass is 32.2. The van der Waals surface area contributed by atoms with Gasteiger partial charge >= 0.3 is 10.1 Å². The van der Waals surface area contributed by atoms with Gasteiger partial charge in [0.1, 0.15) is 5.75 Å². The molecule has 0 fully saturated rings. The summed E-state index contributed by atoms with van der Waals surface area (Å²) in [6, 6.07) is 31.3. The summed E-state index contributed by atoms with van der Waals surface area (Å²) in [4.78, 5) is 12.3. The number of rotatable bonds is 14. The van der Waals surface area contributed by atoms with E-state index in [4.69, 9.17) is 4.18 Å². The number of para-hydroxylation sites is 1. The third kappa shape index (κ3) is 8.09. The summed E-state index contributed by atoms with van der Waals surface area (Å²) in [5, 5.41) is 19.0. The van der Waals surface area contributed by atoms with E-state index in [1.54, 1.807) is 42.5 Å². The van der Waals surface area contributed by atoms with Crippen LogP contribution in [0.25, 0.3) is 6.08 Å². The SMILES string of the molecule is O=C(/C=C/c1ccc(O)c(O)c1)CCCCCCC(c1ccccc1)(c1ccccc1)S(=O)(=O)Oc1ccccc1.P. The monoisotopic (exact) mass is 604 g/mol. The molecule has 0 spiro atoms. The molecule has 1 atom stereocenters. The number of phenolic OH excluding ortho intramolecular Hbond substituents is 2. The Kier molecular flexibility index (Phi) is 11.9. The van der Waals surface area contributed by atoms with Crippen LogP contribution in [0.1, 0.15) is 55.2 Å². The van der Waals surface area contributed by atoms with Gasteiger partial charge in [-0.15, -0.1) is 0 Å². The van der Waals surface area contributed by atoms with E-state index in [2.05, 4.69) is 0 Å². The van der Waals surface area contributed by atoms with Crippen LogP contribution in [-0.2, 0) is 19.7 Å². The summed E-state index contributed by atoms with van der Waals surface area (Å²) in [5.41, 5.74) is 1.90. The van der Waals surface area contributed by atoms with Crippen LogP contribution in [0, 0.1) is 0 Å². The smallest absolute Gasteiger partial charge is 0.323 e. The van der Waals surface area contributed by atoms with Crippen molar-refractivity contribution in [2.75, 3.05) is 0 Å². The first-order valence-electron chi connectivity index (χ1n) is 13.6. The number of hydrogen-bond acceptors (Lipinski definition) is 6. The van der Waals surface area contributed by atoms with Gasteiger partial charge in [0.2, 0.25) is 0 Å². The van der Waals surface area contributed by atoms with Crippen molar-refractivity contribution in [2.24, 2.45) is 0 Å². The summed E-state index contributed by atoms with van der Waals surface area (Å²) in [6.07, 6.45) is 6.53. The fraction of sp³-hybridized carbons (Fsp3) is 0.206. The molecule has 6 nitrogen and oxygen atoms in total. The molecule has 4 rings (SSSR count). The van der Waals surface area contributed by atoms with Crippen molar-refractivity contribution in [3.63, 3.8) is 0 Å². The average molecular weight is 605 g/mol. The normalized spacial score (nSPS) is 11.6. The number of carbonyl (C=O) groups is 1. The Morgan fingerprint density at radius 2 is 1.26 bits per heavy atom. The van der Waals surface area contributed by atoms with Gasteiger partial charge in [-0.1, -0.05) is 110 Å². The molecule has 0 saturated heterocycles. The quantitative estimate of drug-likeness (QED) is 0.0510. The molecule has 0 amide bonds. The van der Waals surface area contributed by atoms with Gasteiger partial charge in [0.25, 0.3) is 0 Å². The van der Waals surface area contributed by atoms with E-state index in [1.165, 1.54) is 18.2 Å². The molecule has 0 bridgehead atoms. The van der Waals surface area contributed by atoms with Crippen molar-refractivity contribution in [3.05, 3.63) is 132 Å². The number of carbonyl (C=O) groups excluding carboxylic acids is 1. The molecule has 0 heterocycles. The second kappa shape index (κ2) is 15.3. The number of ketones is 1. The zero-order valence-electron chi connectivity index (χ0n) is 23.4. The van der Waals surface area contributed by atoms with Gasteiger partial charge in [-0.2, -0.15) is 18.3 Å². The van der Waals surface area contributed by atoms with Gasteiger partial charge in [0, 0.05) is 6.42 Å². The summed E-state index contributed by atoms with van der Waals surface area (Å²) >= 11 is 0. The lowest BCUT2D eigenvalue weighted by Gasteiger charge is -2.34. The zero-order chi connectivity index (χ0) is 29.1. The lowest BCUT2D eigenvalue weighted by atomic mass is 9.85. The molecule has 220 valence electrons. The van der Waals surface area contributed by atoms with E-state index >= 15 is 0 Å². The van der Waals surface area contributed by atoms with Crippen molar-refractivity contribution in [1.29, 1.82) is 0 Å². The van der Waals surface area contributed by atoms with Crippen LogP contribution in [0.5, 0.6) is 17.2 Å². The number of phenols is 2. The number of unbranched alkanes of at least 4 members (excludes halogenated alkanes) is 3. The molecule has 0 aliphatic rings. The van der Waals surface area contributed by atoms with Crippen LogP contribution >= 0.6 is 9.90 Å². The Hall–Kier alpha value is -3.93. The van der Waals surface area contributed by atoms with E-state index in [-0.39, 0.29) is 32.9 Å². The average Bonchev–Trinajstić information content (AvgIpc) is 2.98.